The van der Waals surface area contributed by atoms with Gasteiger partial charge in [0.05, 0.1) is 13.2 Å². The van der Waals surface area contributed by atoms with Crippen LogP contribution in [0.25, 0.3) is 0 Å². The maximum Gasteiger partial charge on any atom is 0.328 e. The van der Waals surface area contributed by atoms with E-state index in [-0.39, 0.29) is 13.1 Å². The highest BCUT2D eigenvalue weighted by molar-refractivity contribution is 5.35. The van der Waals surface area contributed by atoms with Gasteiger partial charge >= 0.3 is 5.69 Å². The topological polar surface area (TPSA) is 96.3 Å². The lowest BCUT2D eigenvalue weighted by molar-refractivity contribution is 0.169. The monoisotopic (exact) mass is 365 g/mol. The lowest BCUT2D eigenvalue weighted by Gasteiger charge is -2.22. The van der Waals surface area contributed by atoms with E-state index in [0.29, 0.717) is 16.9 Å². The van der Waals surface area contributed by atoms with Crippen molar-refractivity contribution >= 4 is 0 Å². The van der Waals surface area contributed by atoms with Gasteiger partial charge in [-0.3, -0.25) is 14.3 Å². The number of aromatic nitrogens is 2. The van der Waals surface area contributed by atoms with E-state index in [0.717, 1.165) is 0 Å². The summed E-state index contributed by atoms with van der Waals surface area (Å²) in [6.07, 6.45) is 0.483. The Morgan fingerprint density at radius 1 is 1.35 bits per heavy atom. The first-order valence-corrected chi connectivity index (χ1v) is 8.21. The van der Waals surface area contributed by atoms with Crippen LogP contribution in [0.1, 0.15) is 38.0 Å². The molecule has 2 aromatic rings. The molecule has 8 heteroatoms. The smallest absolute Gasteiger partial charge is 0.328 e. The average Bonchev–Trinajstić information content (AvgIpc) is 2.55. The molecule has 7 nitrogen and oxygen atoms in total. The van der Waals surface area contributed by atoms with Gasteiger partial charge in [-0.25, -0.2) is 9.18 Å². The molecule has 0 aliphatic carbocycles. The molecule has 0 bridgehead atoms. The second-order valence-electron chi connectivity index (χ2n) is 6.99. The number of nitrogens with one attached hydrogen (secondary N) is 2. The first-order chi connectivity index (χ1) is 12.1. The Hall–Kier alpha value is -2.45. The SMILES string of the molecule is COc1ccc(F)cc1C(O)CNCc1cn(C(C)(C)C)c(=O)[nH]c1=O. The molecule has 0 saturated heterocycles. The van der Waals surface area contributed by atoms with Gasteiger partial charge in [0, 0.05) is 36.0 Å². The average molecular weight is 365 g/mol. The van der Waals surface area contributed by atoms with Crippen LogP contribution in [-0.4, -0.2) is 28.3 Å². The van der Waals surface area contributed by atoms with E-state index >= 15 is 0 Å². The number of nitrogens with zero attached hydrogens (tertiary/aromatic N) is 1. The summed E-state index contributed by atoms with van der Waals surface area (Å²) in [6.45, 7) is 5.77. The third kappa shape index (κ3) is 4.59. The number of hydrogen-bond donors (Lipinski definition) is 3. The Morgan fingerprint density at radius 2 is 2.04 bits per heavy atom. The summed E-state index contributed by atoms with van der Waals surface area (Å²) in [4.78, 5) is 26.2. The fraction of sp³-hybridized carbons (Fsp3) is 0.444. The van der Waals surface area contributed by atoms with Gasteiger partial charge in [0.2, 0.25) is 0 Å². The molecule has 1 atom stereocenters. The number of aliphatic hydroxyl groups excluding tert-OH is 1. The predicted molar refractivity (Wildman–Crippen MR) is 95.9 cm³/mol. The van der Waals surface area contributed by atoms with Gasteiger partial charge in [-0.1, -0.05) is 0 Å². The largest absolute Gasteiger partial charge is 0.496 e. The number of aliphatic hydroxyl groups is 1. The highest BCUT2D eigenvalue weighted by Gasteiger charge is 2.17. The lowest BCUT2D eigenvalue weighted by atomic mass is 10.1. The minimum absolute atomic E-state index is 0.0773. The Bertz CT molecular complexity index is 883. The molecule has 0 aliphatic rings. The van der Waals surface area contributed by atoms with E-state index in [1.807, 2.05) is 20.8 Å². The molecule has 0 radical (unpaired) electrons. The zero-order valence-corrected chi connectivity index (χ0v) is 15.3. The summed E-state index contributed by atoms with van der Waals surface area (Å²) < 4.78 is 20.0. The fourth-order valence-corrected chi connectivity index (χ4v) is 2.55. The summed E-state index contributed by atoms with van der Waals surface area (Å²) in [5, 5.41) is 13.2. The van der Waals surface area contributed by atoms with Crippen molar-refractivity contribution in [2.45, 2.75) is 39.0 Å². The summed E-state index contributed by atoms with van der Waals surface area (Å²) >= 11 is 0. The molecule has 0 spiro atoms. The van der Waals surface area contributed by atoms with Gasteiger partial charge in [-0.2, -0.15) is 0 Å². The molecule has 142 valence electrons. The second kappa shape index (κ2) is 7.84. The minimum atomic E-state index is -1.02. The summed E-state index contributed by atoms with van der Waals surface area (Å²) in [7, 11) is 1.44. The van der Waals surface area contributed by atoms with E-state index in [1.165, 1.54) is 36.1 Å². The van der Waals surface area contributed by atoms with Crippen LogP contribution in [0.3, 0.4) is 0 Å². The number of methoxy groups -OCH3 is 1. The van der Waals surface area contributed by atoms with E-state index < -0.39 is 28.7 Å². The first-order valence-electron chi connectivity index (χ1n) is 8.21. The highest BCUT2D eigenvalue weighted by Crippen LogP contribution is 2.25. The minimum Gasteiger partial charge on any atom is -0.496 e. The summed E-state index contributed by atoms with van der Waals surface area (Å²) in [6, 6.07) is 3.90. The van der Waals surface area contributed by atoms with Gasteiger partial charge in [0.1, 0.15) is 11.6 Å². The molecule has 0 saturated carbocycles. The Morgan fingerprint density at radius 3 is 2.65 bits per heavy atom. The summed E-state index contributed by atoms with van der Waals surface area (Å²) in [5.74, 6) is -0.103. The van der Waals surface area contributed by atoms with Crippen molar-refractivity contribution in [3.05, 3.63) is 62.2 Å². The van der Waals surface area contributed by atoms with Crippen molar-refractivity contribution in [3.8, 4) is 5.75 Å². The van der Waals surface area contributed by atoms with E-state index in [2.05, 4.69) is 10.3 Å². The second-order valence-corrected chi connectivity index (χ2v) is 6.99. The van der Waals surface area contributed by atoms with E-state index in [9.17, 15) is 19.1 Å². The quantitative estimate of drug-likeness (QED) is 0.716. The van der Waals surface area contributed by atoms with Crippen molar-refractivity contribution in [2.75, 3.05) is 13.7 Å². The molecule has 1 unspecified atom stereocenters. The molecule has 1 aromatic carbocycles. The number of rotatable bonds is 6. The molecule has 0 amide bonds. The maximum atomic E-state index is 13.4. The van der Waals surface area contributed by atoms with E-state index in [4.69, 9.17) is 4.74 Å². The van der Waals surface area contributed by atoms with E-state index in [1.54, 1.807) is 0 Å². The van der Waals surface area contributed by atoms with Crippen LogP contribution >= 0.6 is 0 Å². The number of halogens is 1. The van der Waals surface area contributed by atoms with Crippen LogP contribution in [0, 0.1) is 5.82 Å². The molecule has 26 heavy (non-hydrogen) atoms. The fourth-order valence-electron chi connectivity index (χ4n) is 2.55. The Labute approximate surface area is 150 Å². The van der Waals surface area contributed by atoms with Crippen molar-refractivity contribution in [2.24, 2.45) is 0 Å². The molecule has 3 N–H and O–H groups in total. The van der Waals surface area contributed by atoms with Crippen molar-refractivity contribution < 1.29 is 14.2 Å². The van der Waals surface area contributed by atoms with Crippen LogP contribution in [0.15, 0.2) is 34.0 Å². The van der Waals surface area contributed by atoms with Gasteiger partial charge in [-0.15, -0.1) is 0 Å². The first kappa shape index (κ1) is 19.9. The maximum absolute atomic E-state index is 13.4. The number of H-pyrrole nitrogens is 1. The Kier molecular flexibility index (Phi) is 5.99. The van der Waals surface area contributed by atoms with Crippen LogP contribution in [0.5, 0.6) is 5.75 Å². The van der Waals surface area contributed by atoms with Crippen LogP contribution in [-0.2, 0) is 12.1 Å². The van der Waals surface area contributed by atoms with Gasteiger partial charge in [-0.05, 0) is 39.0 Å². The molecule has 0 aliphatic heterocycles. The molecule has 2 rings (SSSR count). The van der Waals surface area contributed by atoms with Crippen LogP contribution in [0.2, 0.25) is 0 Å². The normalized spacial score (nSPS) is 12.8. The van der Waals surface area contributed by atoms with Gasteiger partial charge in [0.15, 0.2) is 0 Å². The molecular weight excluding hydrogens is 341 g/mol. The van der Waals surface area contributed by atoms with Crippen LogP contribution < -0.4 is 21.3 Å². The molecule has 1 aromatic heterocycles. The van der Waals surface area contributed by atoms with Crippen molar-refractivity contribution in [3.63, 3.8) is 0 Å². The zero-order valence-electron chi connectivity index (χ0n) is 15.3. The third-order valence-corrected chi connectivity index (χ3v) is 3.94. The van der Waals surface area contributed by atoms with Crippen molar-refractivity contribution in [1.29, 1.82) is 0 Å². The predicted octanol–water partition coefficient (Wildman–Crippen LogP) is 1.26. The van der Waals surface area contributed by atoms with Crippen LogP contribution in [0.4, 0.5) is 4.39 Å². The third-order valence-electron chi connectivity index (χ3n) is 3.94. The summed E-state index contributed by atoms with van der Waals surface area (Å²) in [5.41, 5.74) is -0.770. The standard InChI is InChI=1S/C18H24FN3O4/c1-18(2,3)22-10-11(16(24)21-17(22)25)8-20-9-14(23)13-7-12(19)5-6-15(13)26-4/h5-7,10,14,20,23H,8-9H2,1-4H3,(H,21,24,25). The molecule has 0 fully saturated rings. The molecule has 1 heterocycles. The van der Waals surface area contributed by atoms with Gasteiger partial charge < -0.3 is 15.2 Å². The number of ether oxygens (including phenoxy) is 1. The molecular formula is C18H24FN3O4. The lowest BCUT2D eigenvalue weighted by Crippen LogP contribution is -2.40. The highest BCUT2D eigenvalue weighted by atomic mass is 19.1. The zero-order chi connectivity index (χ0) is 19.5. The number of aromatic amines is 1. The number of hydrogen-bond acceptors (Lipinski definition) is 5. The van der Waals surface area contributed by atoms with Gasteiger partial charge in [0.25, 0.3) is 5.56 Å². The number of benzene rings is 1. The van der Waals surface area contributed by atoms with Crippen molar-refractivity contribution in [1.82, 2.24) is 14.9 Å². The Balaban J connectivity index is 2.12.